The van der Waals surface area contributed by atoms with E-state index in [2.05, 4.69) is 39.3 Å². The van der Waals surface area contributed by atoms with Crippen molar-refractivity contribution in [1.82, 2.24) is 14.9 Å². The zero-order valence-electron chi connectivity index (χ0n) is 12.5. The number of methoxy groups -OCH3 is 1. The van der Waals surface area contributed by atoms with Crippen molar-refractivity contribution in [2.45, 2.75) is 13.0 Å². The maximum atomic E-state index is 5.46. The fourth-order valence-electron chi connectivity index (χ4n) is 2.60. The van der Waals surface area contributed by atoms with Crippen molar-refractivity contribution < 1.29 is 4.74 Å². The molecule has 1 aromatic rings. The predicted octanol–water partition coefficient (Wildman–Crippen LogP) is 0.297. The molecule has 0 aromatic carbocycles. The largest absolute Gasteiger partial charge is 0.377 e. The summed E-state index contributed by atoms with van der Waals surface area (Å²) in [6.45, 7) is 3.68. The molecule has 0 bridgehead atoms. The lowest BCUT2D eigenvalue weighted by Gasteiger charge is -2.23. The number of likely N-dealkylation sites (tertiary alicyclic amines) is 1. The van der Waals surface area contributed by atoms with Crippen molar-refractivity contribution in [2.75, 3.05) is 51.2 Å². The van der Waals surface area contributed by atoms with E-state index in [-0.39, 0.29) is 0 Å². The first-order valence-electron chi connectivity index (χ1n) is 6.85. The van der Waals surface area contributed by atoms with Crippen LogP contribution in [0, 0.1) is 5.92 Å². The molecular weight excluding hydrogens is 256 g/mol. The van der Waals surface area contributed by atoms with Gasteiger partial charge in [0.2, 0.25) is 0 Å². The molecule has 2 heterocycles. The number of ether oxygens (including phenoxy) is 1. The third kappa shape index (κ3) is 3.78. The molecule has 3 N–H and O–H groups in total. The number of rotatable bonds is 6. The molecule has 2 rings (SSSR count). The topological polar surface area (TPSA) is 79.5 Å². The van der Waals surface area contributed by atoms with Gasteiger partial charge in [0.05, 0.1) is 0 Å². The van der Waals surface area contributed by atoms with Crippen LogP contribution in [-0.2, 0) is 11.3 Å². The van der Waals surface area contributed by atoms with Gasteiger partial charge in [0, 0.05) is 33.3 Å². The Bertz CT molecular complexity index is 441. The smallest absolute Gasteiger partial charge is 0.158 e. The predicted molar refractivity (Wildman–Crippen MR) is 79.4 cm³/mol. The lowest BCUT2D eigenvalue weighted by atomic mass is 10.1. The number of hydrazine groups is 1. The number of hydrogen-bond donors (Lipinski definition) is 2. The van der Waals surface area contributed by atoms with Crippen LogP contribution in [0.3, 0.4) is 0 Å². The molecule has 1 aromatic heterocycles. The highest BCUT2D eigenvalue weighted by atomic mass is 16.5. The molecule has 0 spiro atoms. The van der Waals surface area contributed by atoms with Crippen molar-refractivity contribution >= 4 is 11.6 Å². The molecule has 0 aliphatic carbocycles. The van der Waals surface area contributed by atoms with Crippen LogP contribution in [0.5, 0.6) is 0 Å². The van der Waals surface area contributed by atoms with Crippen molar-refractivity contribution in [2.24, 2.45) is 11.8 Å². The summed E-state index contributed by atoms with van der Waals surface area (Å²) in [6.07, 6.45) is 1.23. The van der Waals surface area contributed by atoms with Gasteiger partial charge in [0.1, 0.15) is 18.2 Å². The fourth-order valence-corrected chi connectivity index (χ4v) is 2.60. The van der Waals surface area contributed by atoms with Crippen LogP contribution >= 0.6 is 0 Å². The van der Waals surface area contributed by atoms with E-state index in [0.29, 0.717) is 24.2 Å². The summed E-state index contributed by atoms with van der Waals surface area (Å²) in [4.78, 5) is 13.3. The average molecular weight is 280 g/mol. The Morgan fingerprint density at radius 2 is 2.35 bits per heavy atom. The Morgan fingerprint density at radius 1 is 1.55 bits per heavy atom. The summed E-state index contributed by atoms with van der Waals surface area (Å²) in [5.74, 6) is 8.25. The van der Waals surface area contributed by atoms with Crippen molar-refractivity contribution in [1.29, 1.82) is 0 Å². The first-order chi connectivity index (χ1) is 9.62. The quantitative estimate of drug-likeness (QED) is 0.573. The highest BCUT2D eigenvalue weighted by Gasteiger charge is 2.21. The van der Waals surface area contributed by atoms with E-state index in [9.17, 15) is 0 Å². The summed E-state index contributed by atoms with van der Waals surface area (Å²) in [5, 5.41) is 0. The van der Waals surface area contributed by atoms with Crippen LogP contribution in [0.1, 0.15) is 12.2 Å². The van der Waals surface area contributed by atoms with Gasteiger partial charge >= 0.3 is 0 Å². The lowest BCUT2D eigenvalue weighted by Crippen LogP contribution is -2.28. The molecule has 7 heteroatoms. The Kier molecular flexibility index (Phi) is 5.11. The summed E-state index contributed by atoms with van der Waals surface area (Å²) >= 11 is 0. The standard InChI is InChI=1S/C13H24N6O/c1-18-5-4-10(7-18)8-19(2)13-6-11(17-14)15-12(16-13)9-20-3/h6,10H,4-5,7-9,14H2,1-3H3,(H,15,16,17). The molecule has 20 heavy (non-hydrogen) atoms. The van der Waals surface area contributed by atoms with Gasteiger partial charge in [-0.25, -0.2) is 15.8 Å². The van der Waals surface area contributed by atoms with Gasteiger partial charge in [-0.15, -0.1) is 0 Å². The van der Waals surface area contributed by atoms with Gasteiger partial charge in [-0.1, -0.05) is 0 Å². The van der Waals surface area contributed by atoms with Gasteiger partial charge in [-0.05, 0) is 25.9 Å². The van der Waals surface area contributed by atoms with E-state index in [4.69, 9.17) is 10.6 Å². The normalized spacial score (nSPS) is 19.3. The van der Waals surface area contributed by atoms with Gasteiger partial charge in [-0.3, -0.25) is 0 Å². The van der Waals surface area contributed by atoms with Crippen LogP contribution in [0.2, 0.25) is 0 Å². The third-order valence-electron chi connectivity index (χ3n) is 3.59. The summed E-state index contributed by atoms with van der Waals surface area (Å²) in [5.41, 5.74) is 2.58. The highest BCUT2D eigenvalue weighted by molar-refractivity contribution is 5.48. The maximum Gasteiger partial charge on any atom is 0.158 e. The highest BCUT2D eigenvalue weighted by Crippen LogP contribution is 2.20. The molecule has 0 saturated carbocycles. The Hall–Kier alpha value is -1.44. The second kappa shape index (κ2) is 6.83. The molecular formula is C13H24N6O. The van der Waals surface area contributed by atoms with Crippen molar-refractivity contribution in [3.05, 3.63) is 11.9 Å². The van der Waals surface area contributed by atoms with Crippen LogP contribution in [0.15, 0.2) is 6.07 Å². The van der Waals surface area contributed by atoms with Crippen LogP contribution in [0.25, 0.3) is 0 Å². The number of nitrogens with two attached hydrogens (primary N) is 1. The Labute approximate surface area is 120 Å². The number of aromatic nitrogens is 2. The average Bonchev–Trinajstić information content (AvgIpc) is 2.84. The molecule has 0 amide bonds. The second-order valence-corrected chi connectivity index (χ2v) is 5.40. The first kappa shape index (κ1) is 15.0. The van der Waals surface area contributed by atoms with Gasteiger partial charge in [-0.2, -0.15) is 0 Å². The zero-order valence-corrected chi connectivity index (χ0v) is 12.5. The monoisotopic (exact) mass is 280 g/mol. The minimum absolute atomic E-state index is 0.378. The number of anilines is 2. The lowest BCUT2D eigenvalue weighted by molar-refractivity contribution is 0.178. The van der Waals surface area contributed by atoms with E-state index in [1.807, 2.05) is 6.07 Å². The first-order valence-corrected chi connectivity index (χ1v) is 6.85. The maximum absolute atomic E-state index is 5.46. The molecule has 0 radical (unpaired) electrons. The van der Waals surface area contributed by atoms with Crippen molar-refractivity contribution in [3.63, 3.8) is 0 Å². The van der Waals surface area contributed by atoms with E-state index < -0.39 is 0 Å². The third-order valence-corrected chi connectivity index (χ3v) is 3.59. The fraction of sp³-hybridized carbons (Fsp3) is 0.692. The summed E-state index contributed by atoms with van der Waals surface area (Å²) in [6, 6.07) is 1.86. The minimum Gasteiger partial charge on any atom is -0.377 e. The van der Waals surface area contributed by atoms with E-state index in [1.54, 1.807) is 7.11 Å². The molecule has 1 atom stereocenters. The number of hydrogen-bond acceptors (Lipinski definition) is 7. The van der Waals surface area contributed by atoms with Crippen LogP contribution in [0.4, 0.5) is 11.6 Å². The summed E-state index contributed by atoms with van der Waals surface area (Å²) < 4.78 is 5.09. The summed E-state index contributed by atoms with van der Waals surface area (Å²) in [7, 11) is 5.85. The van der Waals surface area contributed by atoms with Crippen LogP contribution in [-0.4, -0.2) is 55.7 Å². The van der Waals surface area contributed by atoms with Crippen molar-refractivity contribution in [3.8, 4) is 0 Å². The SMILES string of the molecule is COCc1nc(NN)cc(N(C)CC2CCN(C)C2)n1. The molecule has 1 unspecified atom stereocenters. The van der Waals surface area contributed by atoms with Gasteiger partial charge < -0.3 is 20.0 Å². The Morgan fingerprint density at radius 3 is 2.95 bits per heavy atom. The van der Waals surface area contributed by atoms with Gasteiger partial charge in [0.15, 0.2) is 5.82 Å². The molecule has 7 nitrogen and oxygen atoms in total. The zero-order chi connectivity index (χ0) is 14.5. The number of nitrogens with zero attached hydrogens (tertiary/aromatic N) is 4. The molecule has 1 saturated heterocycles. The second-order valence-electron chi connectivity index (χ2n) is 5.40. The molecule has 1 fully saturated rings. The van der Waals surface area contributed by atoms with Crippen LogP contribution < -0.4 is 16.2 Å². The molecule has 1 aliphatic rings. The number of nitrogens with one attached hydrogen (secondary N) is 1. The van der Waals surface area contributed by atoms with E-state index >= 15 is 0 Å². The molecule has 112 valence electrons. The van der Waals surface area contributed by atoms with Gasteiger partial charge in [0.25, 0.3) is 0 Å². The Balaban J connectivity index is 2.07. The number of nitrogen functional groups attached to an aromatic ring is 1. The van der Waals surface area contributed by atoms with E-state index in [0.717, 1.165) is 18.9 Å². The molecule has 1 aliphatic heterocycles. The van der Waals surface area contributed by atoms with E-state index in [1.165, 1.54) is 13.0 Å². The minimum atomic E-state index is 0.378.